The average molecular weight is 415 g/mol. The van der Waals surface area contributed by atoms with Crippen LogP contribution in [0, 0.1) is 0 Å². The molecule has 0 saturated heterocycles. The van der Waals surface area contributed by atoms with Crippen molar-refractivity contribution in [2.24, 2.45) is 0 Å². The van der Waals surface area contributed by atoms with Crippen LogP contribution in [0.2, 0.25) is 0 Å². The van der Waals surface area contributed by atoms with Gasteiger partial charge in [0, 0.05) is 29.5 Å². The monoisotopic (exact) mass is 414 g/mol. The number of halogens is 1. The van der Waals surface area contributed by atoms with Crippen LogP contribution in [0.4, 0.5) is 0 Å². The molecule has 0 unspecified atom stereocenters. The van der Waals surface area contributed by atoms with Crippen molar-refractivity contribution in [1.29, 1.82) is 0 Å². The quantitative estimate of drug-likeness (QED) is 0.610. The fraction of sp³-hybridized carbons (Fsp3) is 0.500. The van der Waals surface area contributed by atoms with Crippen molar-refractivity contribution in [2.75, 3.05) is 19.6 Å². The fourth-order valence-corrected chi connectivity index (χ4v) is 4.40. The van der Waals surface area contributed by atoms with E-state index in [0.717, 1.165) is 62.0 Å². The predicted molar refractivity (Wildman–Crippen MR) is 109 cm³/mol. The molecule has 0 radical (unpaired) electrons. The molecule has 2 aromatic rings. The number of fused-ring (bicyclic) bond motifs is 1. The van der Waals surface area contributed by atoms with E-state index in [4.69, 9.17) is 4.52 Å². The lowest BCUT2D eigenvalue weighted by atomic mass is 9.99. The van der Waals surface area contributed by atoms with Gasteiger partial charge in [-0.3, -0.25) is 4.90 Å². The summed E-state index contributed by atoms with van der Waals surface area (Å²) < 4.78 is 6.81. The molecular formula is C22H27BrN2O. The Balaban J connectivity index is 1.28. The summed E-state index contributed by atoms with van der Waals surface area (Å²) >= 11 is 3.51. The normalized spacial score (nSPS) is 18.3. The summed E-state index contributed by atoms with van der Waals surface area (Å²) in [6.45, 7) is 3.34. The molecule has 0 saturated carbocycles. The van der Waals surface area contributed by atoms with E-state index in [9.17, 15) is 0 Å². The molecule has 1 aromatic heterocycles. The predicted octanol–water partition coefficient (Wildman–Crippen LogP) is 5.43. The van der Waals surface area contributed by atoms with Gasteiger partial charge in [0.15, 0.2) is 0 Å². The van der Waals surface area contributed by atoms with Gasteiger partial charge in [-0.15, -0.1) is 0 Å². The van der Waals surface area contributed by atoms with E-state index >= 15 is 0 Å². The number of hydrogen-bond acceptors (Lipinski definition) is 3. The first kappa shape index (κ1) is 18.0. The topological polar surface area (TPSA) is 29.3 Å². The average Bonchev–Trinajstić information content (AvgIpc) is 2.89. The number of aryl methyl sites for hydroxylation is 2. The highest BCUT2D eigenvalue weighted by atomic mass is 79.9. The Bertz CT molecular complexity index is 763. The highest BCUT2D eigenvalue weighted by Gasteiger charge is 2.18. The number of rotatable bonds is 5. The maximum absolute atomic E-state index is 5.66. The molecule has 1 aliphatic heterocycles. The highest BCUT2D eigenvalue weighted by molar-refractivity contribution is 9.10. The third kappa shape index (κ3) is 4.29. The SMILES string of the molecule is Brc1ccc(C2=CCN(CCCc3onc4c3CCCCC4)CC2)cc1. The minimum atomic E-state index is 1.03. The van der Waals surface area contributed by atoms with E-state index in [2.05, 4.69) is 56.3 Å². The molecule has 2 aliphatic rings. The summed E-state index contributed by atoms with van der Waals surface area (Å²) in [5.74, 6) is 1.16. The second kappa shape index (κ2) is 8.53. The smallest absolute Gasteiger partial charge is 0.140 e. The molecule has 0 fully saturated rings. The van der Waals surface area contributed by atoms with E-state index in [0.29, 0.717) is 0 Å². The van der Waals surface area contributed by atoms with Crippen LogP contribution in [0.3, 0.4) is 0 Å². The van der Waals surface area contributed by atoms with Crippen molar-refractivity contribution in [2.45, 2.75) is 51.4 Å². The van der Waals surface area contributed by atoms with Gasteiger partial charge in [0.2, 0.25) is 0 Å². The fourth-order valence-electron chi connectivity index (χ4n) is 4.13. The van der Waals surface area contributed by atoms with Crippen molar-refractivity contribution in [3.63, 3.8) is 0 Å². The van der Waals surface area contributed by atoms with E-state index in [1.54, 1.807) is 0 Å². The molecule has 0 atom stereocenters. The van der Waals surface area contributed by atoms with Crippen molar-refractivity contribution < 1.29 is 4.52 Å². The van der Waals surface area contributed by atoms with Gasteiger partial charge in [-0.05, 0) is 68.3 Å². The van der Waals surface area contributed by atoms with Crippen molar-refractivity contribution >= 4 is 21.5 Å². The van der Waals surface area contributed by atoms with Gasteiger partial charge in [-0.25, -0.2) is 0 Å². The molecular weight excluding hydrogens is 388 g/mol. The van der Waals surface area contributed by atoms with E-state index < -0.39 is 0 Å². The number of nitrogens with zero attached hydrogens (tertiary/aromatic N) is 2. The minimum Gasteiger partial charge on any atom is -0.361 e. The van der Waals surface area contributed by atoms with Gasteiger partial charge in [0.05, 0.1) is 5.69 Å². The zero-order valence-corrected chi connectivity index (χ0v) is 16.9. The van der Waals surface area contributed by atoms with Crippen molar-refractivity contribution in [3.8, 4) is 0 Å². The molecule has 0 bridgehead atoms. The molecule has 3 nitrogen and oxygen atoms in total. The summed E-state index contributed by atoms with van der Waals surface area (Å²) in [6.07, 6.45) is 11.9. The number of benzene rings is 1. The molecule has 1 aromatic carbocycles. The van der Waals surface area contributed by atoms with Crippen LogP contribution in [0.25, 0.3) is 5.57 Å². The van der Waals surface area contributed by atoms with Crippen LogP contribution in [0.5, 0.6) is 0 Å². The second-order valence-electron chi connectivity index (χ2n) is 7.48. The van der Waals surface area contributed by atoms with Crippen LogP contribution in [-0.2, 0) is 19.3 Å². The molecule has 0 spiro atoms. The van der Waals surface area contributed by atoms with Crippen molar-refractivity contribution in [1.82, 2.24) is 10.1 Å². The van der Waals surface area contributed by atoms with Crippen LogP contribution in [0.15, 0.2) is 39.3 Å². The lowest BCUT2D eigenvalue weighted by Crippen LogP contribution is -2.29. The molecule has 138 valence electrons. The zero-order chi connectivity index (χ0) is 17.8. The van der Waals surface area contributed by atoms with E-state index in [1.165, 1.54) is 41.7 Å². The molecule has 1 aliphatic carbocycles. The first-order valence-corrected chi connectivity index (χ1v) is 10.7. The molecule has 2 heterocycles. The Kier molecular flexibility index (Phi) is 5.91. The number of hydrogen-bond donors (Lipinski definition) is 0. The van der Waals surface area contributed by atoms with Gasteiger partial charge in [-0.1, -0.05) is 45.7 Å². The lowest BCUT2D eigenvalue weighted by Gasteiger charge is -2.26. The van der Waals surface area contributed by atoms with Gasteiger partial charge < -0.3 is 4.52 Å². The van der Waals surface area contributed by atoms with Crippen molar-refractivity contribution in [3.05, 3.63) is 57.4 Å². The Morgan fingerprint density at radius 3 is 2.69 bits per heavy atom. The Hall–Kier alpha value is -1.39. The lowest BCUT2D eigenvalue weighted by molar-refractivity contribution is 0.290. The summed E-state index contributed by atoms with van der Waals surface area (Å²) in [5.41, 5.74) is 5.50. The summed E-state index contributed by atoms with van der Waals surface area (Å²) in [7, 11) is 0. The largest absolute Gasteiger partial charge is 0.361 e. The molecule has 0 amide bonds. The van der Waals surface area contributed by atoms with Gasteiger partial charge in [0.1, 0.15) is 5.76 Å². The van der Waals surface area contributed by atoms with Crippen LogP contribution < -0.4 is 0 Å². The Morgan fingerprint density at radius 1 is 1.04 bits per heavy atom. The number of aromatic nitrogens is 1. The molecule has 26 heavy (non-hydrogen) atoms. The van der Waals surface area contributed by atoms with Gasteiger partial charge >= 0.3 is 0 Å². The molecule has 0 N–H and O–H groups in total. The Labute approximate surface area is 164 Å². The van der Waals surface area contributed by atoms with Gasteiger partial charge in [-0.2, -0.15) is 0 Å². The minimum absolute atomic E-state index is 1.03. The molecule has 4 heteroatoms. The van der Waals surface area contributed by atoms with Crippen LogP contribution >= 0.6 is 15.9 Å². The second-order valence-corrected chi connectivity index (χ2v) is 8.40. The maximum Gasteiger partial charge on any atom is 0.140 e. The van der Waals surface area contributed by atoms with Crippen LogP contribution in [0.1, 0.15) is 54.7 Å². The zero-order valence-electron chi connectivity index (χ0n) is 15.3. The highest BCUT2D eigenvalue weighted by Crippen LogP contribution is 2.26. The molecule has 4 rings (SSSR count). The van der Waals surface area contributed by atoms with Gasteiger partial charge in [0.25, 0.3) is 0 Å². The third-order valence-electron chi connectivity index (χ3n) is 5.68. The summed E-state index contributed by atoms with van der Waals surface area (Å²) in [4.78, 5) is 2.55. The first-order chi connectivity index (χ1) is 12.8. The van der Waals surface area contributed by atoms with Crippen LogP contribution in [-0.4, -0.2) is 29.7 Å². The summed E-state index contributed by atoms with van der Waals surface area (Å²) in [5, 5.41) is 4.33. The van der Waals surface area contributed by atoms with E-state index in [1.807, 2.05) is 0 Å². The standard InChI is InChI=1S/C22H27BrN2O/c23-19-10-8-17(9-11-19)18-12-15-25(16-13-18)14-4-7-22-20-5-2-1-3-6-21(20)24-26-22/h8-12H,1-7,13-16H2. The third-order valence-corrected chi connectivity index (χ3v) is 6.21. The first-order valence-electron chi connectivity index (χ1n) is 9.93. The summed E-state index contributed by atoms with van der Waals surface area (Å²) in [6, 6.07) is 8.67. The van der Waals surface area contributed by atoms with E-state index in [-0.39, 0.29) is 0 Å². The maximum atomic E-state index is 5.66. The Morgan fingerprint density at radius 2 is 1.88 bits per heavy atom.